The third kappa shape index (κ3) is 13.6. The summed E-state index contributed by atoms with van der Waals surface area (Å²) in [6.45, 7) is 2.54. The summed E-state index contributed by atoms with van der Waals surface area (Å²) in [5.74, 6) is -2.35. The van der Waals surface area contributed by atoms with Gasteiger partial charge in [0.05, 0.1) is 6.42 Å². The first kappa shape index (κ1) is 19.9. The Bertz CT molecular complexity index is 278. The Morgan fingerprint density at radius 2 is 1.33 bits per heavy atom. The summed E-state index contributed by atoms with van der Waals surface area (Å²) in [6, 6.07) is 0. The van der Waals surface area contributed by atoms with Gasteiger partial charge in [-0.1, -0.05) is 64.7 Å². The van der Waals surface area contributed by atoms with Crippen molar-refractivity contribution in [2.45, 2.75) is 83.7 Å². The van der Waals surface area contributed by atoms with Crippen molar-refractivity contribution >= 4 is 11.9 Å². The molecule has 0 aromatic rings. The molecule has 0 rings (SSSR count). The molecule has 0 saturated heterocycles. The molecule has 0 saturated carbocycles. The van der Waals surface area contributed by atoms with E-state index in [4.69, 9.17) is 14.9 Å². The maximum Gasteiger partial charge on any atom is 0.333 e. The van der Waals surface area contributed by atoms with Crippen molar-refractivity contribution in [2.24, 2.45) is 0 Å². The zero-order valence-corrected chi connectivity index (χ0v) is 13.2. The molecule has 0 fully saturated rings. The molecule has 0 heterocycles. The fourth-order valence-corrected chi connectivity index (χ4v) is 2.19. The zero-order valence-electron chi connectivity index (χ0n) is 13.2. The molecule has 2 N–H and O–H groups in total. The molecule has 0 unspecified atom stereocenters. The van der Waals surface area contributed by atoms with Crippen LogP contribution in [0.1, 0.15) is 77.6 Å². The van der Waals surface area contributed by atoms with E-state index in [1.165, 1.54) is 44.9 Å². The van der Waals surface area contributed by atoms with Crippen LogP contribution in [0, 0.1) is 0 Å². The minimum absolute atomic E-state index is 0.320. The summed E-state index contributed by atoms with van der Waals surface area (Å²) in [5.41, 5.74) is 0. The van der Waals surface area contributed by atoms with E-state index in [-0.39, 0.29) is 0 Å². The van der Waals surface area contributed by atoms with Gasteiger partial charge < -0.3 is 14.9 Å². The van der Waals surface area contributed by atoms with Crippen LogP contribution in [0.4, 0.5) is 0 Å². The average Bonchev–Trinajstić information content (AvgIpc) is 2.42. The van der Waals surface area contributed by atoms with Crippen molar-refractivity contribution in [3.63, 3.8) is 0 Å². The van der Waals surface area contributed by atoms with E-state index in [0.717, 1.165) is 19.3 Å². The summed E-state index contributed by atoms with van der Waals surface area (Å²) in [6.07, 6.45) is 10.3. The minimum Gasteiger partial charge on any atom is -0.481 e. The molecule has 21 heavy (non-hydrogen) atoms. The fourth-order valence-electron chi connectivity index (χ4n) is 2.19. The summed E-state index contributed by atoms with van der Waals surface area (Å²) < 4.78 is 5.11. The molecule has 0 aliphatic rings. The van der Waals surface area contributed by atoms with Crippen molar-refractivity contribution in [1.82, 2.24) is 0 Å². The molecule has 0 amide bonds. The highest BCUT2D eigenvalue weighted by molar-refractivity contribution is 5.79. The van der Waals surface area contributed by atoms with Gasteiger partial charge in [0.15, 0.2) is 6.10 Å². The van der Waals surface area contributed by atoms with Gasteiger partial charge in [-0.05, 0) is 6.42 Å². The number of carboxylic acids is 2. The highest BCUT2D eigenvalue weighted by Gasteiger charge is 2.21. The third-order valence-electron chi connectivity index (χ3n) is 3.45. The largest absolute Gasteiger partial charge is 0.481 e. The normalized spacial score (nSPS) is 12.2. The summed E-state index contributed by atoms with van der Waals surface area (Å²) in [4.78, 5) is 21.2. The first-order chi connectivity index (χ1) is 10.1. The van der Waals surface area contributed by atoms with E-state index in [2.05, 4.69) is 6.92 Å². The van der Waals surface area contributed by atoms with Crippen LogP contribution >= 0.6 is 0 Å². The fraction of sp³-hybridized carbons (Fsp3) is 0.875. The van der Waals surface area contributed by atoms with Gasteiger partial charge in [-0.25, -0.2) is 4.79 Å². The van der Waals surface area contributed by atoms with Gasteiger partial charge in [0, 0.05) is 6.61 Å². The van der Waals surface area contributed by atoms with Crippen LogP contribution in [0.2, 0.25) is 0 Å². The quantitative estimate of drug-likeness (QED) is 0.449. The molecule has 0 bridgehead atoms. The third-order valence-corrected chi connectivity index (χ3v) is 3.45. The molecule has 0 aromatic heterocycles. The predicted octanol–water partition coefficient (Wildman–Crippen LogP) is 3.85. The van der Waals surface area contributed by atoms with Crippen LogP contribution in [0.5, 0.6) is 0 Å². The van der Waals surface area contributed by atoms with Gasteiger partial charge in [0.2, 0.25) is 0 Å². The van der Waals surface area contributed by atoms with E-state index in [1.54, 1.807) is 0 Å². The molecule has 0 spiro atoms. The van der Waals surface area contributed by atoms with Crippen molar-refractivity contribution in [3.05, 3.63) is 0 Å². The Morgan fingerprint density at radius 1 is 0.857 bits per heavy atom. The summed E-state index contributed by atoms with van der Waals surface area (Å²) in [5, 5.41) is 17.4. The number of aliphatic carboxylic acids is 2. The molecule has 0 aliphatic carbocycles. The lowest BCUT2D eigenvalue weighted by Crippen LogP contribution is -2.27. The van der Waals surface area contributed by atoms with Crippen molar-refractivity contribution in [1.29, 1.82) is 0 Å². The zero-order chi connectivity index (χ0) is 15.9. The number of unbranched alkanes of at least 4 members (excludes halogenated alkanes) is 9. The van der Waals surface area contributed by atoms with Gasteiger partial charge in [0.1, 0.15) is 0 Å². The Labute approximate surface area is 127 Å². The second-order valence-corrected chi connectivity index (χ2v) is 5.48. The van der Waals surface area contributed by atoms with Gasteiger partial charge in [-0.15, -0.1) is 0 Å². The molecule has 5 heteroatoms. The van der Waals surface area contributed by atoms with E-state index < -0.39 is 24.5 Å². The maximum absolute atomic E-state index is 10.8. The van der Waals surface area contributed by atoms with Crippen molar-refractivity contribution < 1.29 is 24.5 Å². The van der Waals surface area contributed by atoms with Crippen LogP contribution < -0.4 is 0 Å². The first-order valence-electron chi connectivity index (χ1n) is 8.14. The molecular formula is C16H30O5. The Morgan fingerprint density at radius 3 is 1.76 bits per heavy atom. The minimum atomic E-state index is -1.22. The van der Waals surface area contributed by atoms with Crippen LogP contribution in [0.15, 0.2) is 0 Å². The molecule has 124 valence electrons. The molecule has 0 aliphatic heterocycles. The lowest BCUT2D eigenvalue weighted by Gasteiger charge is -2.11. The average molecular weight is 302 g/mol. The van der Waals surface area contributed by atoms with Crippen molar-refractivity contribution in [3.8, 4) is 0 Å². The lowest BCUT2D eigenvalue weighted by atomic mass is 10.1. The number of carbonyl (C=O) groups is 2. The molecule has 0 aromatic carbocycles. The van der Waals surface area contributed by atoms with Crippen LogP contribution in [-0.2, 0) is 14.3 Å². The first-order valence-corrected chi connectivity index (χ1v) is 8.14. The standard InChI is InChI=1S/C16H30O5/c1-2-3-4-5-6-7-8-9-10-11-12-21-14(16(19)20)13-15(17)18/h14H,2-13H2,1H3,(H,17,18)(H,19,20)/t14-/m1/s1. The predicted molar refractivity (Wildman–Crippen MR) is 81.5 cm³/mol. The lowest BCUT2D eigenvalue weighted by molar-refractivity contribution is -0.156. The molecule has 5 nitrogen and oxygen atoms in total. The highest BCUT2D eigenvalue weighted by Crippen LogP contribution is 2.11. The van der Waals surface area contributed by atoms with E-state index in [1.807, 2.05) is 0 Å². The molecule has 1 atom stereocenters. The number of rotatable bonds is 15. The number of hydrogen-bond acceptors (Lipinski definition) is 3. The van der Waals surface area contributed by atoms with Gasteiger partial charge in [0.25, 0.3) is 0 Å². The highest BCUT2D eigenvalue weighted by atomic mass is 16.5. The second kappa shape index (κ2) is 13.9. The number of hydrogen-bond donors (Lipinski definition) is 2. The summed E-state index contributed by atoms with van der Waals surface area (Å²) >= 11 is 0. The monoisotopic (exact) mass is 302 g/mol. The topological polar surface area (TPSA) is 83.8 Å². The van der Waals surface area contributed by atoms with Crippen LogP contribution in [0.3, 0.4) is 0 Å². The van der Waals surface area contributed by atoms with Gasteiger partial charge >= 0.3 is 11.9 Å². The van der Waals surface area contributed by atoms with E-state index >= 15 is 0 Å². The second-order valence-electron chi connectivity index (χ2n) is 5.48. The Balaban J connectivity index is 3.38. The number of ether oxygens (including phenoxy) is 1. The van der Waals surface area contributed by atoms with Crippen LogP contribution in [0.25, 0.3) is 0 Å². The van der Waals surface area contributed by atoms with Gasteiger partial charge in [-0.2, -0.15) is 0 Å². The van der Waals surface area contributed by atoms with E-state index in [9.17, 15) is 9.59 Å². The van der Waals surface area contributed by atoms with Crippen molar-refractivity contribution in [2.75, 3.05) is 6.61 Å². The Hall–Kier alpha value is -1.10. The molecular weight excluding hydrogens is 272 g/mol. The summed E-state index contributed by atoms with van der Waals surface area (Å²) in [7, 11) is 0. The van der Waals surface area contributed by atoms with E-state index in [0.29, 0.717) is 6.61 Å². The SMILES string of the molecule is CCCCCCCCCCCCO[C@H](CC(=O)O)C(=O)O. The Kier molecular flexibility index (Phi) is 13.1. The maximum atomic E-state index is 10.8. The van der Waals surface area contributed by atoms with Crippen LogP contribution in [-0.4, -0.2) is 34.9 Å². The molecule has 0 radical (unpaired) electrons. The van der Waals surface area contributed by atoms with Gasteiger partial charge in [-0.3, -0.25) is 4.79 Å². The smallest absolute Gasteiger partial charge is 0.333 e. The number of carboxylic acid groups (broad SMARTS) is 2.